The molecular formula is C15H14BrN3. The van der Waals surface area contributed by atoms with E-state index in [1.165, 1.54) is 0 Å². The van der Waals surface area contributed by atoms with E-state index in [4.69, 9.17) is 11.0 Å². The summed E-state index contributed by atoms with van der Waals surface area (Å²) < 4.78 is 0.933. The first-order valence-electron chi connectivity index (χ1n) is 5.95. The molecule has 0 aliphatic heterocycles. The van der Waals surface area contributed by atoms with Gasteiger partial charge in [0.15, 0.2) is 0 Å². The summed E-state index contributed by atoms with van der Waals surface area (Å²) in [4.78, 5) is 0. The zero-order valence-electron chi connectivity index (χ0n) is 10.3. The molecule has 1 unspecified atom stereocenters. The fourth-order valence-corrected chi connectivity index (χ4v) is 2.16. The van der Waals surface area contributed by atoms with Gasteiger partial charge in [0.05, 0.1) is 11.3 Å². The standard InChI is InChI=1S/C15H14BrN3/c16-13-7-6-12(9-17)15(8-13)19-10-14(18)11-4-2-1-3-5-11/h1-8,14,19H,10,18H2. The summed E-state index contributed by atoms with van der Waals surface area (Å²) in [7, 11) is 0. The highest BCUT2D eigenvalue weighted by atomic mass is 79.9. The van der Waals surface area contributed by atoms with E-state index in [1.54, 1.807) is 6.07 Å². The predicted octanol–water partition coefficient (Wildman–Crippen LogP) is 3.43. The van der Waals surface area contributed by atoms with Crippen molar-refractivity contribution in [3.8, 4) is 6.07 Å². The Morgan fingerprint density at radius 1 is 1.21 bits per heavy atom. The summed E-state index contributed by atoms with van der Waals surface area (Å²) >= 11 is 3.40. The van der Waals surface area contributed by atoms with Gasteiger partial charge in [-0.25, -0.2) is 0 Å². The van der Waals surface area contributed by atoms with Crippen molar-refractivity contribution in [3.63, 3.8) is 0 Å². The Morgan fingerprint density at radius 2 is 1.95 bits per heavy atom. The van der Waals surface area contributed by atoms with E-state index in [1.807, 2.05) is 42.5 Å². The Labute approximate surface area is 121 Å². The average Bonchev–Trinajstić information content (AvgIpc) is 2.46. The van der Waals surface area contributed by atoms with Crippen molar-refractivity contribution in [2.45, 2.75) is 6.04 Å². The Kier molecular flexibility index (Phi) is 4.56. The largest absolute Gasteiger partial charge is 0.382 e. The molecule has 19 heavy (non-hydrogen) atoms. The van der Waals surface area contributed by atoms with Crippen LogP contribution in [0.3, 0.4) is 0 Å². The summed E-state index contributed by atoms with van der Waals surface area (Å²) in [6.45, 7) is 0.579. The monoisotopic (exact) mass is 315 g/mol. The van der Waals surface area contributed by atoms with Crippen molar-refractivity contribution in [1.82, 2.24) is 0 Å². The second-order valence-electron chi connectivity index (χ2n) is 4.20. The fourth-order valence-electron chi connectivity index (χ4n) is 1.80. The van der Waals surface area contributed by atoms with Crippen LogP contribution in [0, 0.1) is 11.3 Å². The van der Waals surface area contributed by atoms with Crippen LogP contribution in [0.1, 0.15) is 17.2 Å². The van der Waals surface area contributed by atoms with Gasteiger partial charge in [0.2, 0.25) is 0 Å². The summed E-state index contributed by atoms with van der Waals surface area (Å²) in [5, 5.41) is 12.3. The van der Waals surface area contributed by atoms with Gasteiger partial charge in [-0.3, -0.25) is 0 Å². The van der Waals surface area contributed by atoms with E-state index in [-0.39, 0.29) is 6.04 Å². The number of hydrogen-bond donors (Lipinski definition) is 2. The number of hydrogen-bond acceptors (Lipinski definition) is 3. The maximum Gasteiger partial charge on any atom is 0.101 e. The molecule has 3 nitrogen and oxygen atoms in total. The third-order valence-electron chi connectivity index (χ3n) is 2.84. The van der Waals surface area contributed by atoms with E-state index in [0.717, 1.165) is 15.7 Å². The molecule has 0 heterocycles. The molecule has 0 bridgehead atoms. The summed E-state index contributed by atoms with van der Waals surface area (Å²) in [6, 6.07) is 17.5. The number of halogens is 1. The molecule has 2 aromatic carbocycles. The Bertz CT molecular complexity index is 590. The van der Waals surface area contributed by atoms with Crippen molar-refractivity contribution in [2.24, 2.45) is 5.73 Å². The SMILES string of the molecule is N#Cc1ccc(Br)cc1NCC(N)c1ccccc1. The maximum absolute atomic E-state index is 9.06. The van der Waals surface area contributed by atoms with Crippen molar-refractivity contribution in [1.29, 1.82) is 5.26 Å². The quantitative estimate of drug-likeness (QED) is 0.908. The van der Waals surface area contributed by atoms with Crippen LogP contribution >= 0.6 is 15.9 Å². The van der Waals surface area contributed by atoms with Crippen molar-refractivity contribution >= 4 is 21.6 Å². The number of benzene rings is 2. The smallest absolute Gasteiger partial charge is 0.101 e. The third-order valence-corrected chi connectivity index (χ3v) is 3.34. The van der Waals surface area contributed by atoms with Gasteiger partial charge in [0.1, 0.15) is 6.07 Å². The van der Waals surface area contributed by atoms with E-state index in [2.05, 4.69) is 27.3 Å². The lowest BCUT2D eigenvalue weighted by Gasteiger charge is -2.15. The van der Waals surface area contributed by atoms with Gasteiger partial charge in [-0.15, -0.1) is 0 Å². The van der Waals surface area contributed by atoms with Crippen LogP contribution in [0.15, 0.2) is 53.0 Å². The van der Waals surface area contributed by atoms with Crippen molar-refractivity contribution < 1.29 is 0 Å². The molecule has 0 fully saturated rings. The second kappa shape index (κ2) is 6.37. The summed E-state index contributed by atoms with van der Waals surface area (Å²) in [5.41, 5.74) is 8.60. The molecule has 0 aliphatic rings. The highest BCUT2D eigenvalue weighted by Gasteiger charge is 2.07. The molecule has 0 saturated heterocycles. The highest BCUT2D eigenvalue weighted by Crippen LogP contribution is 2.21. The molecule has 0 aromatic heterocycles. The molecule has 2 rings (SSSR count). The number of nitrogens with one attached hydrogen (secondary N) is 1. The summed E-state index contributed by atoms with van der Waals surface area (Å²) in [5.74, 6) is 0. The summed E-state index contributed by atoms with van der Waals surface area (Å²) in [6.07, 6.45) is 0. The van der Waals surface area contributed by atoms with Crippen LogP contribution in [0.4, 0.5) is 5.69 Å². The van der Waals surface area contributed by atoms with Gasteiger partial charge in [-0.2, -0.15) is 5.26 Å². The lowest BCUT2D eigenvalue weighted by atomic mass is 10.1. The predicted molar refractivity (Wildman–Crippen MR) is 80.7 cm³/mol. The molecule has 2 aromatic rings. The van der Waals surface area contributed by atoms with E-state index < -0.39 is 0 Å². The number of rotatable bonds is 4. The van der Waals surface area contributed by atoms with Gasteiger partial charge in [0, 0.05) is 17.1 Å². The van der Waals surface area contributed by atoms with Crippen LogP contribution < -0.4 is 11.1 Å². The van der Waals surface area contributed by atoms with Gasteiger partial charge in [-0.1, -0.05) is 46.3 Å². The van der Waals surface area contributed by atoms with Gasteiger partial charge < -0.3 is 11.1 Å². The van der Waals surface area contributed by atoms with Crippen LogP contribution in [-0.2, 0) is 0 Å². The second-order valence-corrected chi connectivity index (χ2v) is 5.12. The Hall–Kier alpha value is -1.83. The fraction of sp³-hybridized carbons (Fsp3) is 0.133. The minimum absolute atomic E-state index is 0.105. The number of nitrogens with zero attached hydrogens (tertiary/aromatic N) is 1. The van der Waals surface area contributed by atoms with Crippen LogP contribution in [0.2, 0.25) is 0 Å². The molecule has 0 aliphatic carbocycles. The van der Waals surface area contributed by atoms with E-state index >= 15 is 0 Å². The van der Waals surface area contributed by atoms with Crippen LogP contribution in [0.25, 0.3) is 0 Å². The zero-order chi connectivity index (χ0) is 13.7. The molecule has 0 radical (unpaired) electrons. The topological polar surface area (TPSA) is 61.8 Å². The molecule has 0 spiro atoms. The highest BCUT2D eigenvalue weighted by molar-refractivity contribution is 9.10. The molecule has 0 saturated carbocycles. The minimum atomic E-state index is -0.105. The van der Waals surface area contributed by atoms with Gasteiger partial charge in [0.25, 0.3) is 0 Å². The molecule has 0 amide bonds. The lowest BCUT2D eigenvalue weighted by Crippen LogP contribution is -2.20. The molecule has 1 atom stereocenters. The van der Waals surface area contributed by atoms with Gasteiger partial charge >= 0.3 is 0 Å². The zero-order valence-corrected chi connectivity index (χ0v) is 11.9. The van der Waals surface area contributed by atoms with Gasteiger partial charge in [-0.05, 0) is 23.8 Å². The van der Waals surface area contributed by atoms with Crippen molar-refractivity contribution in [3.05, 3.63) is 64.1 Å². The first kappa shape index (κ1) is 13.6. The molecule has 4 heteroatoms. The van der Waals surface area contributed by atoms with E-state index in [9.17, 15) is 0 Å². The molecular weight excluding hydrogens is 302 g/mol. The number of nitrogens with two attached hydrogens (primary N) is 1. The van der Waals surface area contributed by atoms with Crippen molar-refractivity contribution in [2.75, 3.05) is 11.9 Å². The van der Waals surface area contributed by atoms with Crippen LogP contribution in [-0.4, -0.2) is 6.54 Å². The molecule has 3 N–H and O–H groups in total. The van der Waals surface area contributed by atoms with Crippen LogP contribution in [0.5, 0.6) is 0 Å². The normalized spacial score (nSPS) is 11.6. The molecule has 96 valence electrons. The Balaban J connectivity index is 2.07. The first-order valence-corrected chi connectivity index (χ1v) is 6.74. The average molecular weight is 316 g/mol. The lowest BCUT2D eigenvalue weighted by molar-refractivity contribution is 0.764. The van der Waals surface area contributed by atoms with E-state index in [0.29, 0.717) is 12.1 Å². The minimum Gasteiger partial charge on any atom is -0.382 e. The Morgan fingerprint density at radius 3 is 2.63 bits per heavy atom. The first-order chi connectivity index (χ1) is 9.20. The maximum atomic E-state index is 9.06. The third kappa shape index (κ3) is 3.57. The number of anilines is 1. The number of nitriles is 1.